The number of aliphatic hydroxyl groups excluding tert-OH is 1. The molecule has 0 saturated carbocycles. The standard InChI is InChI=1S/C18H17N3O2/c1-23-17-8-4-14(5-9-17)15-10-19-18(20-11-15)21-16-6-2-13(12-22)3-7-16/h2-11,22H,12H2,1H3,(H,19,20,21). The Balaban J connectivity index is 1.72. The van der Waals surface area contributed by atoms with Crippen LogP contribution in [-0.2, 0) is 6.61 Å². The van der Waals surface area contributed by atoms with E-state index in [2.05, 4.69) is 15.3 Å². The molecule has 0 unspecified atom stereocenters. The number of ether oxygens (including phenoxy) is 1. The van der Waals surface area contributed by atoms with Crippen LogP contribution in [0, 0.1) is 0 Å². The highest BCUT2D eigenvalue weighted by Crippen LogP contribution is 2.22. The van der Waals surface area contributed by atoms with Gasteiger partial charge >= 0.3 is 0 Å². The number of aliphatic hydroxyl groups is 1. The van der Waals surface area contributed by atoms with E-state index in [1.54, 1.807) is 19.5 Å². The molecule has 2 aromatic carbocycles. The Kier molecular flexibility index (Phi) is 4.49. The van der Waals surface area contributed by atoms with Gasteiger partial charge in [0.15, 0.2) is 0 Å². The van der Waals surface area contributed by atoms with Crippen LogP contribution >= 0.6 is 0 Å². The van der Waals surface area contributed by atoms with Crippen molar-refractivity contribution in [1.82, 2.24) is 9.97 Å². The lowest BCUT2D eigenvalue weighted by Crippen LogP contribution is -1.97. The monoisotopic (exact) mass is 307 g/mol. The van der Waals surface area contributed by atoms with Gasteiger partial charge in [0.05, 0.1) is 13.7 Å². The van der Waals surface area contributed by atoms with Gasteiger partial charge in [0.2, 0.25) is 5.95 Å². The van der Waals surface area contributed by atoms with Gasteiger partial charge in [-0.15, -0.1) is 0 Å². The van der Waals surface area contributed by atoms with Crippen molar-refractivity contribution in [3.05, 3.63) is 66.5 Å². The number of methoxy groups -OCH3 is 1. The number of aromatic nitrogens is 2. The quantitative estimate of drug-likeness (QED) is 0.756. The Morgan fingerprint density at radius 2 is 1.57 bits per heavy atom. The van der Waals surface area contributed by atoms with E-state index in [0.29, 0.717) is 5.95 Å². The highest BCUT2D eigenvalue weighted by Gasteiger charge is 2.02. The van der Waals surface area contributed by atoms with Gasteiger partial charge in [0.25, 0.3) is 0 Å². The second kappa shape index (κ2) is 6.89. The lowest BCUT2D eigenvalue weighted by atomic mass is 10.1. The van der Waals surface area contributed by atoms with E-state index in [1.807, 2.05) is 48.5 Å². The van der Waals surface area contributed by atoms with E-state index < -0.39 is 0 Å². The maximum Gasteiger partial charge on any atom is 0.227 e. The van der Waals surface area contributed by atoms with Gasteiger partial charge in [0.1, 0.15) is 5.75 Å². The van der Waals surface area contributed by atoms with Crippen LogP contribution < -0.4 is 10.1 Å². The Morgan fingerprint density at radius 3 is 2.13 bits per heavy atom. The van der Waals surface area contributed by atoms with Gasteiger partial charge in [-0.25, -0.2) is 9.97 Å². The van der Waals surface area contributed by atoms with Crippen molar-refractivity contribution in [3.63, 3.8) is 0 Å². The normalized spacial score (nSPS) is 10.3. The van der Waals surface area contributed by atoms with Crippen molar-refractivity contribution >= 4 is 11.6 Å². The molecule has 5 heteroatoms. The molecular weight excluding hydrogens is 290 g/mol. The van der Waals surface area contributed by atoms with E-state index in [9.17, 15) is 0 Å². The van der Waals surface area contributed by atoms with Crippen LogP contribution in [0.25, 0.3) is 11.1 Å². The summed E-state index contributed by atoms with van der Waals surface area (Å²) in [5.41, 5.74) is 3.71. The van der Waals surface area contributed by atoms with Gasteiger partial charge in [0, 0.05) is 23.6 Å². The molecule has 0 aliphatic carbocycles. The average molecular weight is 307 g/mol. The highest BCUT2D eigenvalue weighted by molar-refractivity contribution is 5.63. The average Bonchev–Trinajstić information content (AvgIpc) is 2.63. The number of rotatable bonds is 5. The first-order valence-electron chi connectivity index (χ1n) is 7.22. The summed E-state index contributed by atoms with van der Waals surface area (Å²) >= 11 is 0. The van der Waals surface area contributed by atoms with Gasteiger partial charge in [-0.1, -0.05) is 24.3 Å². The summed E-state index contributed by atoms with van der Waals surface area (Å²) in [7, 11) is 1.64. The molecule has 3 aromatic rings. The van der Waals surface area contributed by atoms with E-state index >= 15 is 0 Å². The van der Waals surface area contributed by atoms with Gasteiger partial charge in [-0.05, 0) is 35.4 Å². The number of hydrogen-bond donors (Lipinski definition) is 2. The molecule has 0 fully saturated rings. The van der Waals surface area contributed by atoms with Gasteiger partial charge < -0.3 is 15.2 Å². The third-order valence-electron chi connectivity index (χ3n) is 3.47. The fraction of sp³-hybridized carbons (Fsp3) is 0.111. The van der Waals surface area contributed by atoms with Crippen LogP contribution in [0.1, 0.15) is 5.56 Å². The summed E-state index contributed by atoms with van der Waals surface area (Å²) in [5.74, 6) is 1.35. The van der Waals surface area contributed by atoms with Crippen molar-refractivity contribution < 1.29 is 9.84 Å². The minimum absolute atomic E-state index is 0.0351. The van der Waals surface area contributed by atoms with Crippen LogP contribution in [0.5, 0.6) is 5.75 Å². The van der Waals surface area contributed by atoms with Crippen molar-refractivity contribution in [2.45, 2.75) is 6.61 Å². The first-order chi connectivity index (χ1) is 11.3. The number of benzene rings is 2. The number of nitrogens with zero attached hydrogens (tertiary/aromatic N) is 2. The fourth-order valence-corrected chi connectivity index (χ4v) is 2.15. The molecule has 116 valence electrons. The molecule has 0 amide bonds. The molecule has 0 radical (unpaired) electrons. The van der Waals surface area contributed by atoms with E-state index in [-0.39, 0.29) is 6.61 Å². The summed E-state index contributed by atoms with van der Waals surface area (Å²) in [6.45, 7) is 0.0351. The summed E-state index contributed by atoms with van der Waals surface area (Å²) in [4.78, 5) is 8.67. The van der Waals surface area contributed by atoms with Crippen LogP contribution in [0.4, 0.5) is 11.6 Å². The van der Waals surface area contributed by atoms with Crippen molar-refractivity contribution in [2.24, 2.45) is 0 Å². The van der Waals surface area contributed by atoms with E-state index in [1.165, 1.54) is 0 Å². The SMILES string of the molecule is COc1ccc(-c2cnc(Nc3ccc(CO)cc3)nc2)cc1. The maximum atomic E-state index is 9.04. The van der Waals surface area contributed by atoms with Crippen molar-refractivity contribution in [3.8, 4) is 16.9 Å². The Labute approximate surface area is 134 Å². The number of nitrogens with one attached hydrogen (secondary N) is 1. The zero-order valence-corrected chi connectivity index (χ0v) is 12.7. The van der Waals surface area contributed by atoms with Crippen LogP contribution in [-0.4, -0.2) is 22.2 Å². The first kappa shape index (κ1) is 15.0. The molecule has 23 heavy (non-hydrogen) atoms. The molecule has 5 nitrogen and oxygen atoms in total. The lowest BCUT2D eigenvalue weighted by Gasteiger charge is -2.07. The zero-order valence-electron chi connectivity index (χ0n) is 12.7. The summed E-state index contributed by atoms with van der Waals surface area (Å²) < 4.78 is 5.15. The van der Waals surface area contributed by atoms with Gasteiger partial charge in [-0.2, -0.15) is 0 Å². The third-order valence-corrected chi connectivity index (χ3v) is 3.47. The molecule has 1 aromatic heterocycles. The fourth-order valence-electron chi connectivity index (χ4n) is 2.15. The highest BCUT2D eigenvalue weighted by atomic mass is 16.5. The van der Waals surface area contributed by atoms with E-state index in [0.717, 1.165) is 28.1 Å². The molecule has 0 saturated heterocycles. The third kappa shape index (κ3) is 3.64. The number of anilines is 2. The smallest absolute Gasteiger partial charge is 0.227 e. The van der Waals surface area contributed by atoms with Gasteiger partial charge in [-0.3, -0.25) is 0 Å². The van der Waals surface area contributed by atoms with E-state index in [4.69, 9.17) is 9.84 Å². The predicted molar refractivity (Wildman–Crippen MR) is 89.7 cm³/mol. The topological polar surface area (TPSA) is 67.3 Å². The molecule has 2 N–H and O–H groups in total. The summed E-state index contributed by atoms with van der Waals surface area (Å²) in [5, 5.41) is 12.2. The summed E-state index contributed by atoms with van der Waals surface area (Å²) in [6.07, 6.45) is 3.55. The molecule has 3 rings (SSSR count). The van der Waals surface area contributed by atoms with Crippen molar-refractivity contribution in [2.75, 3.05) is 12.4 Å². The Bertz CT molecular complexity index is 754. The largest absolute Gasteiger partial charge is 0.497 e. The molecular formula is C18H17N3O2. The molecule has 0 bridgehead atoms. The van der Waals surface area contributed by atoms with Crippen LogP contribution in [0.15, 0.2) is 60.9 Å². The minimum atomic E-state index is 0.0351. The van der Waals surface area contributed by atoms with Crippen LogP contribution in [0.3, 0.4) is 0 Å². The number of hydrogen-bond acceptors (Lipinski definition) is 5. The molecule has 0 aliphatic heterocycles. The minimum Gasteiger partial charge on any atom is -0.497 e. The second-order valence-electron chi connectivity index (χ2n) is 5.00. The van der Waals surface area contributed by atoms with Crippen molar-refractivity contribution in [1.29, 1.82) is 0 Å². The molecule has 0 spiro atoms. The molecule has 0 atom stereocenters. The maximum absolute atomic E-state index is 9.04. The van der Waals surface area contributed by atoms with Crippen LogP contribution in [0.2, 0.25) is 0 Å². The lowest BCUT2D eigenvalue weighted by molar-refractivity contribution is 0.282. The molecule has 1 heterocycles. The first-order valence-corrected chi connectivity index (χ1v) is 7.22. The predicted octanol–water partition coefficient (Wildman–Crippen LogP) is 3.39. The summed E-state index contributed by atoms with van der Waals surface area (Å²) in [6, 6.07) is 15.2. The Hall–Kier alpha value is -2.92. The zero-order chi connectivity index (χ0) is 16.1. The Morgan fingerprint density at radius 1 is 0.913 bits per heavy atom. The molecule has 0 aliphatic rings. The second-order valence-corrected chi connectivity index (χ2v) is 5.00.